The Balaban J connectivity index is 1.53. The van der Waals surface area contributed by atoms with Gasteiger partial charge in [0.25, 0.3) is 0 Å². The van der Waals surface area contributed by atoms with Gasteiger partial charge in [-0.2, -0.15) is 0 Å². The molecule has 164 valence electrons. The van der Waals surface area contributed by atoms with Crippen LogP contribution in [-0.4, -0.2) is 42.3 Å². The molecular weight excluding hydrogens is 430 g/mol. The van der Waals surface area contributed by atoms with E-state index >= 15 is 0 Å². The van der Waals surface area contributed by atoms with Gasteiger partial charge in [0.1, 0.15) is 17.2 Å². The van der Waals surface area contributed by atoms with Gasteiger partial charge >= 0.3 is 0 Å². The fourth-order valence-corrected chi connectivity index (χ4v) is 4.38. The summed E-state index contributed by atoms with van der Waals surface area (Å²) in [5, 5.41) is 0. The molecule has 5 rings (SSSR count). The van der Waals surface area contributed by atoms with Crippen LogP contribution in [0.3, 0.4) is 0 Å². The number of hydrogen-bond acceptors (Lipinski definition) is 7. The maximum Gasteiger partial charge on any atom is 0.187 e. The van der Waals surface area contributed by atoms with Crippen molar-refractivity contribution in [2.45, 2.75) is 18.1 Å². The quantitative estimate of drug-likeness (QED) is 0.467. The summed E-state index contributed by atoms with van der Waals surface area (Å²) < 4.78 is 41.7. The third-order valence-corrected chi connectivity index (χ3v) is 6.94. The van der Waals surface area contributed by atoms with Gasteiger partial charge in [0, 0.05) is 12.3 Å². The second-order valence-corrected chi connectivity index (χ2v) is 9.54. The second-order valence-electron chi connectivity index (χ2n) is 7.26. The van der Waals surface area contributed by atoms with Crippen LogP contribution < -0.4 is 4.74 Å². The molecule has 32 heavy (non-hydrogen) atoms. The first-order valence-corrected chi connectivity index (χ1v) is 11.9. The summed E-state index contributed by atoms with van der Waals surface area (Å²) in [5.74, 6) is 1.73. The molecule has 2 aromatic carbocycles. The van der Waals surface area contributed by atoms with Crippen molar-refractivity contribution in [1.29, 1.82) is 0 Å². The molecule has 1 N–H and O–H groups in total. The van der Waals surface area contributed by atoms with Crippen LogP contribution in [0.4, 0.5) is 0 Å². The van der Waals surface area contributed by atoms with E-state index in [1.165, 1.54) is 0 Å². The second kappa shape index (κ2) is 8.34. The standard InChI is InChI=1S/C23H21N3O5S/c1-2-32(27,28)16-8-6-15(7-9-16)31-21-14-20-19(13-17(21)23-29-11-12-30-23)25-22(26-20)18-5-3-4-10-24-18/h3-10,13-14,23H,2,11-12H2,1H3,(H,25,26). The molecule has 8 nitrogen and oxygen atoms in total. The number of ether oxygens (including phenoxy) is 3. The highest BCUT2D eigenvalue weighted by Crippen LogP contribution is 2.37. The van der Waals surface area contributed by atoms with E-state index in [0.717, 1.165) is 16.7 Å². The Morgan fingerprint density at radius 1 is 1.09 bits per heavy atom. The van der Waals surface area contributed by atoms with Crippen LogP contribution in [0.5, 0.6) is 11.5 Å². The molecule has 0 aliphatic carbocycles. The van der Waals surface area contributed by atoms with Gasteiger partial charge in [-0.1, -0.05) is 13.0 Å². The first-order valence-electron chi connectivity index (χ1n) is 10.2. The average molecular weight is 452 g/mol. The Kier molecular flexibility index (Phi) is 5.38. The lowest BCUT2D eigenvalue weighted by Crippen LogP contribution is -2.03. The summed E-state index contributed by atoms with van der Waals surface area (Å²) in [4.78, 5) is 12.5. The molecule has 0 radical (unpaired) electrons. The summed E-state index contributed by atoms with van der Waals surface area (Å²) in [6, 6.07) is 15.7. The van der Waals surface area contributed by atoms with Gasteiger partial charge in [0.05, 0.1) is 40.5 Å². The number of aromatic nitrogens is 3. The SMILES string of the molecule is CCS(=O)(=O)c1ccc(Oc2cc3[nH]c(-c4ccccn4)nc3cc2C2OCCO2)cc1. The Hall–Kier alpha value is -3.27. The molecule has 1 saturated heterocycles. The fraction of sp³-hybridized carbons (Fsp3) is 0.217. The normalized spacial score (nSPS) is 14.8. The zero-order valence-electron chi connectivity index (χ0n) is 17.3. The maximum absolute atomic E-state index is 12.1. The van der Waals surface area contributed by atoms with Gasteiger partial charge in [0.15, 0.2) is 22.0 Å². The number of H-pyrrole nitrogens is 1. The first-order chi connectivity index (χ1) is 15.5. The summed E-state index contributed by atoms with van der Waals surface area (Å²) in [6.45, 7) is 2.60. The van der Waals surface area contributed by atoms with Crippen molar-refractivity contribution >= 4 is 20.9 Å². The van der Waals surface area contributed by atoms with Gasteiger partial charge in [-0.15, -0.1) is 0 Å². The van der Waals surface area contributed by atoms with Crippen LogP contribution in [-0.2, 0) is 19.3 Å². The average Bonchev–Trinajstić information content (AvgIpc) is 3.49. The topological polar surface area (TPSA) is 103 Å². The van der Waals surface area contributed by atoms with Crippen LogP contribution in [0.15, 0.2) is 65.7 Å². The van der Waals surface area contributed by atoms with Crippen molar-refractivity contribution in [3.8, 4) is 23.0 Å². The van der Waals surface area contributed by atoms with Gasteiger partial charge in [-0.25, -0.2) is 13.4 Å². The Bertz CT molecular complexity index is 1350. The van der Waals surface area contributed by atoms with E-state index < -0.39 is 16.1 Å². The van der Waals surface area contributed by atoms with Crippen LogP contribution in [0.1, 0.15) is 18.8 Å². The van der Waals surface area contributed by atoms with E-state index in [2.05, 4.69) is 15.0 Å². The molecule has 0 atom stereocenters. The van der Waals surface area contributed by atoms with E-state index in [4.69, 9.17) is 14.2 Å². The summed E-state index contributed by atoms with van der Waals surface area (Å²) in [6.07, 6.45) is 1.15. The molecule has 1 aliphatic heterocycles. The van der Waals surface area contributed by atoms with Gasteiger partial charge in [-0.3, -0.25) is 4.98 Å². The molecular formula is C23H21N3O5S. The molecule has 4 aromatic rings. The molecule has 3 heterocycles. The number of hydrogen-bond donors (Lipinski definition) is 1. The van der Waals surface area contributed by atoms with Crippen molar-refractivity contribution in [3.05, 3.63) is 66.4 Å². The van der Waals surface area contributed by atoms with E-state index in [1.54, 1.807) is 37.4 Å². The number of rotatable bonds is 6. The molecule has 0 saturated carbocycles. The lowest BCUT2D eigenvalue weighted by atomic mass is 10.1. The third kappa shape index (κ3) is 3.97. The minimum absolute atomic E-state index is 0.0445. The van der Waals surface area contributed by atoms with Crippen LogP contribution in [0.25, 0.3) is 22.6 Å². The molecule has 0 spiro atoms. The largest absolute Gasteiger partial charge is 0.457 e. The lowest BCUT2D eigenvalue weighted by Gasteiger charge is -2.15. The Morgan fingerprint density at radius 3 is 2.56 bits per heavy atom. The number of aromatic amines is 1. The van der Waals surface area contributed by atoms with E-state index in [-0.39, 0.29) is 10.6 Å². The molecule has 0 bridgehead atoms. The molecule has 1 aliphatic rings. The predicted molar refractivity (Wildman–Crippen MR) is 118 cm³/mol. The number of sulfone groups is 1. The zero-order valence-corrected chi connectivity index (χ0v) is 18.1. The van der Waals surface area contributed by atoms with E-state index in [0.29, 0.717) is 36.1 Å². The van der Waals surface area contributed by atoms with Crippen LogP contribution >= 0.6 is 0 Å². The molecule has 0 unspecified atom stereocenters. The smallest absolute Gasteiger partial charge is 0.187 e. The van der Waals surface area contributed by atoms with Gasteiger partial charge in [-0.05, 0) is 42.5 Å². The lowest BCUT2D eigenvalue weighted by molar-refractivity contribution is -0.0451. The number of nitrogens with zero attached hydrogens (tertiary/aromatic N) is 2. The van der Waals surface area contributed by atoms with Gasteiger partial charge in [0.2, 0.25) is 0 Å². The van der Waals surface area contributed by atoms with Gasteiger partial charge < -0.3 is 19.2 Å². The fourth-order valence-electron chi connectivity index (χ4n) is 3.50. The van der Waals surface area contributed by atoms with E-state index in [1.807, 2.05) is 30.3 Å². The summed E-state index contributed by atoms with van der Waals surface area (Å²) >= 11 is 0. The summed E-state index contributed by atoms with van der Waals surface area (Å²) in [7, 11) is -3.28. The van der Waals surface area contributed by atoms with E-state index in [9.17, 15) is 8.42 Å². The molecule has 2 aromatic heterocycles. The van der Waals surface area contributed by atoms with Crippen molar-refractivity contribution < 1.29 is 22.6 Å². The molecule has 1 fully saturated rings. The maximum atomic E-state index is 12.1. The highest BCUT2D eigenvalue weighted by atomic mass is 32.2. The number of imidazole rings is 1. The minimum Gasteiger partial charge on any atom is -0.457 e. The number of fused-ring (bicyclic) bond motifs is 1. The number of benzene rings is 2. The Morgan fingerprint density at radius 2 is 1.88 bits per heavy atom. The van der Waals surface area contributed by atoms with Crippen molar-refractivity contribution in [1.82, 2.24) is 15.0 Å². The Labute approximate surface area is 185 Å². The monoisotopic (exact) mass is 451 g/mol. The number of nitrogens with one attached hydrogen (secondary N) is 1. The van der Waals surface area contributed by atoms with Crippen molar-refractivity contribution in [2.75, 3.05) is 19.0 Å². The van der Waals surface area contributed by atoms with Crippen LogP contribution in [0.2, 0.25) is 0 Å². The first kappa shape index (κ1) is 20.6. The highest BCUT2D eigenvalue weighted by molar-refractivity contribution is 7.91. The third-order valence-electron chi connectivity index (χ3n) is 5.19. The molecule has 9 heteroatoms. The number of pyridine rings is 1. The van der Waals surface area contributed by atoms with Crippen molar-refractivity contribution in [3.63, 3.8) is 0 Å². The minimum atomic E-state index is -3.28. The highest BCUT2D eigenvalue weighted by Gasteiger charge is 2.24. The predicted octanol–water partition coefficient (Wildman–Crippen LogP) is 4.26. The molecule has 0 amide bonds. The zero-order chi connectivity index (χ0) is 22.1. The van der Waals surface area contributed by atoms with Crippen molar-refractivity contribution in [2.24, 2.45) is 0 Å². The van der Waals surface area contributed by atoms with Crippen LogP contribution in [0, 0.1) is 0 Å². The summed E-state index contributed by atoms with van der Waals surface area (Å²) in [5.41, 5.74) is 2.94.